The molecule has 4 aromatic heterocycles. The molecule has 0 atom stereocenters. The van der Waals surface area contributed by atoms with Gasteiger partial charge in [0.15, 0.2) is 11.5 Å². The van der Waals surface area contributed by atoms with Crippen molar-refractivity contribution in [3.05, 3.63) is 53.6 Å². The molecular weight excluding hydrogens is 364 g/mol. The van der Waals surface area contributed by atoms with Gasteiger partial charge in [0.25, 0.3) is 0 Å². The number of rotatable bonds is 2. The second-order valence-corrected chi connectivity index (χ2v) is 6.83. The van der Waals surface area contributed by atoms with Crippen LogP contribution in [0.4, 0.5) is 5.82 Å². The number of anilines is 1. The average molecular weight is 393 g/mol. The molecule has 29 heavy (non-hydrogen) atoms. The molecule has 1 saturated carbocycles. The van der Waals surface area contributed by atoms with Crippen molar-refractivity contribution in [1.29, 1.82) is 0 Å². The van der Waals surface area contributed by atoms with E-state index in [0.717, 1.165) is 34.3 Å². The van der Waals surface area contributed by atoms with Gasteiger partial charge in [0, 0.05) is 19.4 Å². The van der Waals surface area contributed by atoms with Crippen LogP contribution in [0.15, 0.2) is 36.7 Å². The van der Waals surface area contributed by atoms with Crippen LogP contribution < -0.4 is 5.73 Å². The van der Waals surface area contributed by atoms with Crippen LogP contribution in [0.1, 0.15) is 49.6 Å². The molecule has 1 aliphatic carbocycles. The van der Waals surface area contributed by atoms with Gasteiger partial charge in [-0.15, -0.1) is 10.2 Å². The Bertz CT molecular complexity index is 1070. The maximum absolute atomic E-state index is 5.44. The molecule has 0 bridgehead atoms. The van der Waals surface area contributed by atoms with E-state index in [9.17, 15) is 0 Å². The minimum Gasteiger partial charge on any atom is -0.384 e. The van der Waals surface area contributed by atoms with Crippen LogP contribution in [0.5, 0.6) is 0 Å². The van der Waals surface area contributed by atoms with E-state index in [1.807, 2.05) is 59.1 Å². The summed E-state index contributed by atoms with van der Waals surface area (Å²) in [6.07, 6.45) is 6.29. The van der Waals surface area contributed by atoms with Gasteiger partial charge in [0.2, 0.25) is 0 Å². The number of nitrogens with zero attached hydrogens (tertiary/aromatic N) is 7. The second kappa shape index (κ2) is 8.81. The first-order valence-electron chi connectivity index (χ1n) is 9.92. The number of pyridine rings is 1. The van der Waals surface area contributed by atoms with Gasteiger partial charge >= 0.3 is 0 Å². The Kier molecular flexibility index (Phi) is 6.21. The summed E-state index contributed by atoms with van der Waals surface area (Å²) in [7, 11) is 1.90. The standard InChI is InChI=1S/C11H12N6.C8H10N2.C2H6/c1-7-6-9(10-4-5-12-16(10)3)15-17-8(2)13-14-11(7)17;9-8-4-3-7(5-10-8)6-1-2-6;1-2/h4-6H,1-3H3;3-6H,1-2H2,(H2,9,10);1-2H3. The zero-order valence-corrected chi connectivity index (χ0v) is 17.7. The lowest BCUT2D eigenvalue weighted by atomic mass is 10.2. The number of fused-ring (bicyclic) bond motifs is 1. The summed E-state index contributed by atoms with van der Waals surface area (Å²) in [5.74, 6) is 2.18. The van der Waals surface area contributed by atoms with E-state index in [-0.39, 0.29) is 0 Å². The van der Waals surface area contributed by atoms with Crippen molar-refractivity contribution in [1.82, 2.24) is 34.6 Å². The second-order valence-electron chi connectivity index (χ2n) is 6.83. The average Bonchev–Trinajstić information content (AvgIpc) is 3.39. The normalized spacial score (nSPS) is 12.7. The summed E-state index contributed by atoms with van der Waals surface area (Å²) in [4.78, 5) is 4.02. The largest absolute Gasteiger partial charge is 0.384 e. The number of nitrogens with two attached hydrogens (primary N) is 1. The van der Waals surface area contributed by atoms with E-state index >= 15 is 0 Å². The number of hydrogen-bond acceptors (Lipinski definition) is 6. The third-order valence-electron chi connectivity index (χ3n) is 4.65. The Hall–Kier alpha value is -3.29. The maximum atomic E-state index is 5.44. The van der Waals surface area contributed by atoms with E-state index in [0.29, 0.717) is 5.82 Å². The van der Waals surface area contributed by atoms with Crippen molar-refractivity contribution in [2.45, 2.75) is 46.5 Å². The molecule has 4 heterocycles. The molecule has 0 aliphatic heterocycles. The SMILES string of the molecule is CC.Cc1cc(-c2ccnn2C)nn2c(C)nnc12.Nc1ccc(C2CC2)cn1. The molecule has 0 radical (unpaired) electrons. The third kappa shape index (κ3) is 4.59. The topological polar surface area (TPSA) is 99.8 Å². The van der Waals surface area contributed by atoms with Gasteiger partial charge in [-0.25, -0.2) is 4.98 Å². The molecule has 1 aliphatic rings. The molecule has 152 valence electrons. The highest BCUT2D eigenvalue weighted by Gasteiger charge is 2.23. The minimum atomic E-state index is 0.615. The molecule has 1 fully saturated rings. The van der Waals surface area contributed by atoms with Gasteiger partial charge in [0.1, 0.15) is 11.5 Å². The van der Waals surface area contributed by atoms with E-state index in [1.54, 1.807) is 15.4 Å². The quantitative estimate of drug-likeness (QED) is 0.558. The predicted molar refractivity (Wildman–Crippen MR) is 114 cm³/mol. The van der Waals surface area contributed by atoms with Crippen LogP contribution in [0.3, 0.4) is 0 Å². The van der Waals surface area contributed by atoms with Gasteiger partial charge in [-0.1, -0.05) is 19.9 Å². The van der Waals surface area contributed by atoms with E-state index < -0.39 is 0 Å². The highest BCUT2D eigenvalue weighted by molar-refractivity contribution is 5.59. The number of aryl methyl sites for hydroxylation is 3. The van der Waals surface area contributed by atoms with E-state index in [4.69, 9.17) is 5.73 Å². The van der Waals surface area contributed by atoms with E-state index in [1.165, 1.54) is 18.4 Å². The first-order valence-corrected chi connectivity index (χ1v) is 9.92. The van der Waals surface area contributed by atoms with Crippen molar-refractivity contribution in [2.24, 2.45) is 7.05 Å². The van der Waals surface area contributed by atoms with Gasteiger partial charge in [-0.2, -0.15) is 14.7 Å². The van der Waals surface area contributed by atoms with Crippen molar-refractivity contribution < 1.29 is 0 Å². The fraction of sp³-hybridized carbons (Fsp3) is 0.381. The van der Waals surface area contributed by atoms with Crippen LogP contribution in [-0.4, -0.2) is 34.6 Å². The van der Waals surface area contributed by atoms with E-state index in [2.05, 4.69) is 31.4 Å². The third-order valence-corrected chi connectivity index (χ3v) is 4.65. The maximum Gasteiger partial charge on any atom is 0.180 e. The molecule has 8 heteroatoms. The summed E-state index contributed by atoms with van der Waals surface area (Å²) in [6, 6.07) is 7.88. The monoisotopic (exact) mass is 392 g/mol. The zero-order valence-electron chi connectivity index (χ0n) is 17.7. The summed E-state index contributed by atoms with van der Waals surface area (Å²) in [6.45, 7) is 7.89. The molecule has 0 aromatic carbocycles. The highest BCUT2D eigenvalue weighted by atomic mass is 15.4. The lowest BCUT2D eigenvalue weighted by Gasteiger charge is -2.04. The molecule has 4 aromatic rings. The molecule has 0 unspecified atom stereocenters. The summed E-state index contributed by atoms with van der Waals surface area (Å²) in [5, 5.41) is 16.8. The predicted octanol–water partition coefficient (Wildman–Crippen LogP) is 3.71. The first kappa shape index (κ1) is 20.4. The lowest BCUT2D eigenvalue weighted by Crippen LogP contribution is -2.02. The highest BCUT2D eigenvalue weighted by Crippen LogP contribution is 2.39. The molecule has 0 spiro atoms. The molecule has 2 N–H and O–H groups in total. The van der Waals surface area contributed by atoms with Gasteiger partial charge in [-0.05, 0) is 61.9 Å². The Labute approximate surface area is 170 Å². The Morgan fingerprint density at radius 1 is 1.07 bits per heavy atom. The van der Waals surface area contributed by atoms with Crippen LogP contribution in [0, 0.1) is 13.8 Å². The number of hydrogen-bond donors (Lipinski definition) is 1. The summed E-state index contributed by atoms with van der Waals surface area (Å²) >= 11 is 0. The summed E-state index contributed by atoms with van der Waals surface area (Å²) < 4.78 is 3.56. The number of aromatic nitrogens is 7. The summed E-state index contributed by atoms with van der Waals surface area (Å²) in [5.41, 5.74) is 10.5. The van der Waals surface area contributed by atoms with Crippen molar-refractivity contribution in [2.75, 3.05) is 5.73 Å². The minimum absolute atomic E-state index is 0.615. The first-order chi connectivity index (χ1) is 14.0. The molecule has 5 rings (SSSR count). The number of nitrogen functional groups attached to an aromatic ring is 1. The molecular formula is C21H28N8. The molecule has 0 amide bonds. The van der Waals surface area contributed by atoms with Crippen LogP contribution in [0.25, 0.3) is 17.0 Å². The van der Waals surface area contributed by atoms with Crippen LogP contribution >= 0.6 is 0 Å². The molecule has 0 saturated heterocycles. The fourth-order valence-electron chi connectivity index (χ4n) is 2.95. The van der Waals surface area contributed by atoms with Gasteiger partial charge < -0.3 is 5.73 Å². The Morgan fingerprint density at radius 2 is 1.83 bits per heavy atom. The van der Waals surface area contributed by atoms with Gasteiger partial charge in [0.05, 0.1) is 5.69 Å². The zero-order chi connectivity index (χ0) is 21.0. The van der Waals surface area contributed by atoms with Crippen molar-refractivity contribution in [3.63, 3.8) is 0 Å². The van der Waals surface area contributed by atoms with Crippen LogP contribution in [-0.2, 0) is 7.05 Å². The fourth-order valence-corrected chi connectivity index (χ4v) is 2.95. The van der Waals surface area contributed by atoms with Crippen molar-refractivity contribution in [3.8, 4) is 11.4 Å². The van der Waals surface area contributed by atoms with Crippen molar-refractivity contribution >= 4 is 11.5 Å². The lowest BCUT2D eigenvalue weighted by molar-refractivity contribution is 0.766. The Balaban J connectivity index is 0.000000170. The van der Waals surface area contributed by atoms with Crippen LogP contribution in [0.2, 0.25) is 0 Å². The smallest absolute Gasteiger partial charge is 0.180 e. The molecule has 8 nitrogen and oxygen atoms in total. The Morgan fingerprint density at radius 3 is 2.41 bits per heavy atom. The van der Waals surface area contributed by atoms with Gasteiger partial charge in [-0.3, -0.25) is 4.68 Å².